The molecule has 2 N–H and O–H groups in total. The summed E-state index contributed by atoms with van der Waals surface area (Å²) in [6.07, 6.45) is 0. The summed E-state index contributed by atoms with van der Waals surface area (Å²) in [4.78, 5) is 7.01. The summed E-state index contributed by atoms with van der Waals surface area (Å²) in [7, 11) is -3.62. The molecule has 0 aliphatic carbocycles. The molecule has 0 unspecified atom stereocenters. The van der Waals surface area contributed by atoms with Gasteiger partial charge in [0.25, 0.3) is 0 Å². The second kappa shape index (κ2) is 7.35. The maximum atomic E-state index is 13.0. The van der Waals surface area contributed by atoms with Crippen molar-refractivity contribution in [1.29, 1.82) is 5.26 Å². The van der Waals surface area contributed by atoms with E-state index in [1.165, 1.54) is 28.6 Å². The van der Waals surface area contributed by atoms with Crippen LogP contribution in [-0.4, -0.2) is 43.4 Å². The van der Waals surface area contributed by atoms with E-state index in [-0.39, 0.29) is 10.9 Å². The molecule has 1 atom stereocenters. The van der Waals surface area contributed by atoms with E-state index in [2.05, 4.69) is 4.90 Å². The molecule has 2 heterocycles. The maximum Gasteiger partial charge on any atom is 0.243 e. The van der Waals surface area contributed by atoms with Crippen LogP contribution in [0.5, 0.6) is 0 Å². The molecule has 8 heteroatoms. The van der Waals surface area contributed by atoms with Crippen molar-refractivity contribution in [2.24, 2.45) is 0 Å². The Labute approximate surface area is 170 Å². The Bertz CT molecular complexity index is 1200. The van der Waals surface area contributed by atoms with Crippen LogP contribution in [0.1, 0.15) is 12.5 Å². The minimum atomic E-state index is -3.62. The minimum absolute atomic E-state index is 0.205. The van der Waals surface area contributed by atoms with Gasteiger partial charge in [-0.3, -0.25) is 0 Å². The molecule has 0 amide bonds. The smallest absolute Gasteiger partial charge is 0.243 e. The molecular formula is C21H21N5O2S. The fourth-order valence-corrected chi connectivity index (χ4v) is 5.30. The van der Waals surface area contributed by atoms with Crippen LogP contribution in [0, 0.1) is 11.3 Å². The number of benzene rings is 2. The lowest BCUT2D eigenvalue weighted by Crippen LogP contribution is -2.54. The fraction of sp³-hybridized carbons (Fsp3) is 0.238. The maximum absolute atomic E-state index is 13.0. The fourth-order valence-electron chi connectivity index (χ4n) is 3.69. The second-order valence-corrected chi connectivity index (χ2v) is 9.02. The van der Waals surface area contributed by atoms with Gasteiger partial charge in [-0.1, -0.05) is 6.07 Å². The van der Waals surface area contributed by atoms with Gasteiger partial charge in [-0.2, -0.15) is 9.57 Å². The van der Waals surface area contributed by atoms with E-state index >= 15 is 0 Å². The Morgan fingerprint density at radius 3 is 2.55 bits per heavy atom. The minimum Gasteiger partial charge on any atom is -0.398 e. The Balaban J connectivity index is 1.55. The number of rotatable bonds is 3. The zero-order valence-electron chi connectivity index (χ0n) is 16.0. The van der Waals surface area contributed by atoms with Crippen LogP contribution < -0.4 is 10.6 Å². The third kappa shape index (κ3) is 3.50. The largest absolute Gasteiger partial charge is 0.398 e. The molecule has 1 fully saturated rings. The van der Waals surface area contributed by atoms with Gasteiger partial charge in [-0.25, -0.2) is 13.4 Å². The van der Waals surface area contributed by atoms with Gasteiger partial charge >= 0.3 is 0 Å². The Kier molecular flexibility index (Phi) is 4.86. The topological polar surface area (TPSA) is 103 Å². The predicted molar refractivity (Wildman–Crippen MR) is 113 cm³/mol. The zero-order valence-corrected chi connectivity index (χ0v) is 16.8. The number of nitrogen functional groups attached to an aromatic ring is 1. The molecule has 3 aromatic rings. The van der Waals surface area contributed by atoms with E-state index in [0.717, 1.165) is 16.7 Å². The molecule has 1 aliphatic rings. The Morgan fingerprint density at radius 2 is 1.86 bits per heavy atom. The van der Waals surface area contributed by atoms with Gasteiger partial charge in [0.05, 0.1) is 22.0 Å². The molecule has 0 spiro atoms. The number of pyridine rings is 1. The number of hydrogen-bond acceptors (Lipinski definition) is 6. The SMILES string of the molecule is C[C@@H]1CN(c2ccc3c(N)cccc3n2)CCN1S(=O)(=O)c1ccc(C#N)cc1. The summed E-state index contributed by atoms with van der Waals surface area (Å²) in [6, 6.07) is 17.3. The molecule has 2 aromatic carbocycles. The van der Waals surface area contributed by atoms with Crippen molar-refractivity contribution < 1.29 is 8.42 Å². The summed E-state index contributed by atoms with van der Waals surface area (Å²) < 4.78 is 27.6. The molecule has 7 nitrogen and oxygen atoms in total. The van der Waals surface area contributed by atoms with E-state index in [4.69, 9.17) is 16.0 Å². The number of nitriles is 1. The van der Waals surface area contributed by atoms with E-state index in [0.29, 0.717) is 30.9 Å². The normalized spacial score (nSPS) is 17.9. The first-order valence-electron chi connectivity index (χ1n) is 9.32. The molecule has 1 saturated heterocycles. The lowest BCUT2D eigenvalue weighted by Gasteiger charge is -2.39. The van der Waals surface area contributed by atoms with Crippen LogP contribution >= 0.6 is 0 Å². The summed E-state index contributed by atoms with van der Waals surface area (Å²) in [5.74, 6) is 0.811. The monoisotopic (exact) mass is 407 g/mol. The van der Waals surface area contributed by atoms with Crippen LogP contribution in [0.25, 0.3) is 10.9 Å². The lowest BCUT2D eigenvalue weighted by molar-refractivity contribution is 0.306. The molecule has 29 heavy (non-hydrogen) atoms. The standard InChI is InChI=1S/C21H21N5O2S/c1-15-14-25(21-10-9-18-19(23)3-2-4-20(18)24-21)11-12-26(15)29(27,28)17-7-5-16(13-22)6-8-17/h2-10,15H,11-12,14,23H2,1H3/t15-/m1/s1. The first-order chi connectivity index (χ1) is 13.9. The highest BCUT2D eigenvalue weighted by atomic mass is 32.2. The Morgan fingerprint density at radius 1 is 1.10 bits per heavy atom. The number of aromatic nitrogens is 1. The van der Waals surface area contributed by atoms with Crippen molar-refractivity contribution in [3.8, 4) is 6.07 Å². The average Bonchev–Trinajstić information content (AvgIpc) is 2.73. The van der Waals surface area contributed by atoms with Crippen LogP contribution in [0.15, 0.2) is 59.5 Å². The average molecular weight is 407 g/mol. The van der Waals surface area contributed by atoms with Gasteiger partial charge in [0.1, 0.15) is 5.82 Å². The van der Waals surface area contributed by atoms with Gasteiger partial charge in [0, 0.05) is 36.7 Å². The highest BCUT2D eigenvalue weighted by Gasteiger charge is 2.34. The number of nitrogens with two attached hydrogens (primary N) is 1. The number of nitrogens with zero attached hydrogens (tertiary/aromatic N) is 4. The van der Waals surface area contributed by atoms with Crippen molar-refractivity contribution in [3.05, 3.63) is 60.2 Å². The van der Waals surface area contributed by atoms with Crippen LogP contribution in [0.3, 0.4) is 0 Å². The van der Waals surface area contributed by atoms with E-state index in [1.807, 2.05) is 43.3 Å². The third-order valence-electron chi connectivity index (χ3n) is 5.23. The van der Waals surface area contributed by atoms with Gasteiger partial charge in [-0.15, -0.1) is 0 Å². The predicted octanol–water partition coefficient (Wildman–Crippen LogP) is 2.59. The van der Waals surface area contributed by atoms with E-state index in [9.17, 15) is 8.42 Å². The number of piperazine rings is 1. The van der Waals surface area contributed by atoms with Gasteiger partial charge < -0.3 is 10.6 Å². The number of fused-ring (bicyclic) bond motifs is 1. The van der Waals surface area contributed by atoms with E-state index < -0.39 is 10.0 Å². The lowest BCUT2D eigenvalue weighted by atomic mass is 10.1. The quantitative estimate of drug-likeness (QED) is 0.670. The van der Waals surface area contributed by atoms with Gasteiger partial charge in [0.2, 0.25) is 10.0 Å². The zero-order chi connectivity index (χ0) is 20.6. The van der Waals surface area contributed by atoms with Crippen molar-refractivity contribution in [2.75, 3.05) is 30.3 Å². The molecule has 148 valence electrons. The molecule has 0 radical (unpaired) electrons. The molecular weight excluding hydrogens is 386 g/mol. The summed E-state index contributed by atoms with van der Waals surface area (Å²) in [5, 5.41) is 9.82. The highest BCUT2D eigenvalue weighted by Crippen LogP contribution is 2.26. The highest BCUT2D eigenvalue weighted by molar-refractivity contribution is 7.89. The molecule has 0 bridgehead atoms. The van der Waals surface area contributed by atoms with Crippen molar-refractivity contribution in [1.82, 2.24) is 9.29 Å². The summed E-state index contributed by atoms with van der Waals surface area (Å²) in [5.41, 5.74) is 7.95. The van der Waals surface area contributed by atoms with Crippen LogP contribution in [0.2, 0.25) is 0 Å². The van der Waals surface area contributed by atoms with Gasteiger partial charge in [0.15, 0.2) is 0 Å². The summed E-state index contributed by atoms with van der Waals surface area (Å²) in [6.45, 7) is 3.34. The second-order valence-electron chi connectivity index (χ2n) is 7.13. The third-order valence-corrected chi connectivity index (χ3v) is 7.26. The van der Waals surface area contributed by atoms with Crippen molar-refractivity contribution in [3.63, 3.8) is 0 Å². The first kappa shape index (κ1) is 19.2. The molecule has 0 saturated carbocycles. The van der Waals surface area contributed by atoms with Gasteiger partial charge in [-0.05, 0) is 55.5 Å². The number of hydrogen-bond donors (Lipinski definition) is 1. The van der Waals surface area contributed by atoms with Crippen LogP contribution in [0.4, 0.5) is 11.5 Å². The van der Waals surface area contributed by atoms with Crippen molar-refractivity contribution >= 4 is 32.4 Å². The van der Waals surface area contributed by atoms with Crippen molar-refractivity contribution in [2.45, 2.75) is 17.9 Å². The molecule has 4 rings (SSSR count). The first-order valence-corrected chi connectivity index (χ1v) is 10.8. The summed E-state index contributed by atoms with van der Waals surface area (Å²) >= 11 is 0. The number of anilines is 2. The molecule has 1 aromatic heterocycles. The Hall–Kier alpha value is -3.15. The van der Waals surface area contributed by atoms with Crippen LogP contribution in [-0.2, 0) is 10.0 Å². The van der Waals surface area contributed by atoms with E-state index in [1.54, 1.807) is 0 Å². The number of sulfonamides is 1. The molecule has 1 aliphatic heterocycles.